The summed E-state index contributed by atoms with van der Waals surface area (Å²) in [5.74, 6) is -0.0587. The van der Waals surface area contributed by atoms with Crippen molar-refractivity contribution < 1.29 is 27.4 Å². The van der Waals surface area contributed by atoms with Crippen LogP contribution in [0.2, 0.25) is 0 Å². The lowest BCUT2D eigenvalue weighted by Gasteiger charge is -2.39. The third kappa shape index (κ3) is 4.06. The lowest BCUT2D eigenvalue weighted by molar-refractivity contribution is -0.274. The number of ether oxygens (including phenoxy) is 2. The smallest absolute Gasteiger partial charge is 0.491 e. The van der Waals surface area contributed by atoms with Gasteiger partial charge in [0.1, 0.15) is 28.8 Å². The average molecular weight is 455 g/mol. The number of nitrogens with one attached hydrogen (secondary N) is 2. The maximum Gasteiger partial charge on any atom is 0.573 e. The first-order chi connectivity index (χ1) is 15.8. The Kier molecular flexibility index (Phi) is 5.11. The van der Waals surface area contributed by atoms with Gasteiger partial charge >= 0.3 is 6.36 Å². The number of fused-ring (bicyclic) bond motifs is 2. The average Bonchev–Trinajstić information content (AvgIpc) is 3.23. The van der Waals surface area contributed by atoms with Gasteiger partial charge < -0.3 is 20.1 Å². The molecule has 2 atom stereocenters. The normalized spacial score (nSPS) is 21.2. The van der Waals surface area contributed by atoms with E-state index in [1.807, 2.05) is 24.3 Å². The topological polar surface area (TPSA) is 72.5 Å². The highest BCUT2D eigenvalue weighted by molar-refractivity contribution is 5.88. The van der Waals surface area contributed by atoms with Crippen molar-refractivity contribution in [3.63, 3.8) is 0 Å². The quantitative estimate of drug-likeness (QED) is 0.618. The van der Waals surface area contributed by atoms with Crippen LogP contribution in [0.4, 0.5) is 18.9 Å². The van der Waals surface area contributed by atoms with Crippen molar-refractivity contribution in [2.24, 2.45) is 0 Å². The van der Waals surface area contributed by atoms with E-state index in [4.69, 9.17) is 4.74 Å². The second kappa shape index (κ2) is 7.99. The number of para-hydroxylation sites is 1. The Morgan fingerprint density at radius 2 is 1.91 bits per heavy atom. The molecule has 0 radical (unpaired) electrons. The van der Waals surface area contributed by atoms with Gasteiger partial charge in [0, 0.05) is 24.7 Å². The second-order valence-corrected chi connectivity index (χ2v) is 7.97. The molecule has 2 aliphatic heterocycles. The van der Waals surface area contributed by atoms with Crippen LogP contribution in [0.1, 0.15) is 23.2 Å². The molecule has 0 bridgehead atoms. The Balaban J connectivity index is 1.49. The van der Waals surface area contributed by atoms with Crippen molar-refractivity contribution in [2.75, 3.05) is 11.9 Å². The highest BCUT2D eigenvalue weighted by atomic mass is 19.4. The lowest BCUT2D eigenvalue weighted by atomic mass is 9.81. The van der Waals surface area contributed by atoms with Crippen LogP contribution >= 0.6 is 0 Å². The summed E-state index contributed by atoms with van der Waals surface area (Å²) < 4.78 is 47.6. The molecule has 2 aliphatic rings. The molecule has 2 aromatic carbocycles. The van der Waals surface area contributed by atoms with E-state index in [1.54, 1.807) is 18.3 Å². The number of aromatic nitrogens is 1. The second-order valence-electron chi connectivity index (χ2n) is 7.97. The third-order valence-electron chi connectivity index (χ3n) is 5.91. The number of carbonyl (C=O) groups excluding carboxylic acids is 1. The van der Waals surface area contributed by atoms with Gasteiger partial charge in [0.15, 0.2) is 0 Å². The predicted molar refractivity (Wildman–Crippen MR) is 114 cm³/mol. The summed E-state index contributed by atoms with van der Waals surface area (Å²) in [7, 11) is 0. The molecule has 0 spiro atoms. The van der Waals surface area contributed by atoms with Gasteiger partial charge in [-0.25, -0.2) is 0 Å². The SMILES string of the molecule is O=C(NC1(c2ccc(OC(F)(F)F)cc2)CCOc2cccnc21)C1Cc2ccccc2N1. The minimum Gasteiger partial charge on any atom is -0.491 e. The molecule has 0 fully saturated rings. The summed E-state index contributed by atoms with van der Waals surface area (Å²) in [5.41, 5.74) is 1.98. The molecule has 9 heteroatoms. The van der Waals surface area contributed by atoms with Crippen LogP contribution in [-0.4, -0.2) is 29.9 Å². The lowest BCUT2D eigenvalue weighted by Crippen LogP contribution is -2.54. The molecule has 3 heterocycles. The van der Waals surface area contributed by atoms with Crippen molar-refractivity contribution in [3.8, 4) is 11.5 Å². The molecule has 0 aliphatic carbocycles. The summed E-state index contributed by atoms with van der Waals surface area (Å²) in [5, 5.41) is 6.39. The molecule has 3 aromatic rings. The first-order valence-electron chi connectivity index (χ1n) is 10.5. The Morgan fingerprint density at radius 1 is 1.12 bits per heavy atom. The van der Waals surface area contributed by atoms with Gasteiger partial charge in [0.25, 0.3) is 0 Å². The van der Waals surface area contributed by atoms with Crippen LogP contribution in [0, 0.1) is 0 Å². The number of anilines is 1. The minimum absolute atomic E-state index is 0.236. The Hall–Kier alpha value is -3.75. The van der Waals surface area contributed by atoms with Gasteiger partial charge in [-0.15, -0.1) is 13.2 Å². The number of halogens is 3. The number of rotatable bonds is 4. The number of nitrogens with zero attached hydrogens (tertiary/aromatic N) is 1. The zero-order valence-electron chi connectivity index (χ0n) is 17.4. The van der Waals surface area contributed by atoms with Crippen molar-refractivity contribution in [1.29, 1.82) is 0 Å². The number of hydrogen-bond donors (Lipinski definition) is 2. The van der Waals surface area contributed by atoms with Crippen molar-refractivity contribution in [2.45, 2.75) is 30.8 Å². The van der Waals surface area contributed by atoms with Gasteiger partial charge in [-0.3, -0.25) is 9.78 Å². The van der Waals surface area contributed by atoms with E-state index < -0.39 is 17.9 Å². The van der Waals surface area contributed by atoms with Gasteiger partial charge in [0.2, 0.25) is 5.91 Å². The molecule has 6 nitrogen and oxygen atoms in total. The number of benzene rings is 2. The number of pyridine rings is 1. The number of amides is 1. The third-order valence-corrected chi connectivity index (χ3v) is 5.91. The summed E-state index contributed by atoms with van der Waals surface area (Å²) in [4.78, 5) is 17.9. The maximum absolute atomic E-state index is 13.4. The molecule has 33 heavy (non-hydrogen) atoms. The molecule has 1 amide bonds. The molecule has 0 saturated heterocycles. The number of alkyl halides is 3. The summed E-state index contributed by atoms with van der Waals surface area (Å²) in [6, 6.07) is 16.2. The van der Waals surface area contributed by atoms with Crippen molar-refractivity contribution in [1.82, 2.24) is 10.3 Å². The van der Waals surface area contributed by atoms with Gasteiger partial charge in [0.05, 0.1) is 6.61 Å². The highest BCUT2D eigenvalue weighted by Gasteiger charge is 2.44. The fourth-order valence-corrected chi connectivity index (χ4v) is 4.43. The largest absolute Gasteiger partial charge is 0.573 e. The van der Waals surface area contributed by atoms with Crippen LogP contribution in [0.3, 0.4) is 0 Å². The van der Waals surface area contributed by atoms with E-state index in [2.05, 4.69) is 20.4 Å². The van der Waals surface area contributed by atoms with E-state index in [-0.39, 0.29) is 11.7 Å². The number of carbonyl (C=O) groups is 1. The monoisotopic (exact) mass is 455 g/mol. The molecular weight excluding hydrogens is 435 g/mol. The fraction of sp³-hybridized carbons (Fsp3) is 0.250. The Labute approximate surface area is 187 Å². The predicted octanol–water partition coefficient (Wildman–Crippen LogP) is 4.16. The fourth-order valence-electron chi connectivity index (χ4n) is 4.43. The van der Waals surface area contributed by atoms with Crippen molar-refractivity contribution >= 4 is 11.6 Å². The van der Waals surface area contributed by atoms with E-state index in [0.717, 1.165) is 11.3 Å². The van der Waals surface area contributed by atoms with Crippen molar-refractivity contribution in [3.05, 3.63) is 83.7 Å². The molecule has 0 saturated carbocycles. The molecule has 1 aromatic heterocycles. The standard InChI is InChI=1S/C24H20F3N3O3/c25-24(26,27)33-17-9-7-16(8-10-17)23(11-13-32-20-6-3-12-28-21(20)23)30-22(31)19-14-15-4-1-2-5-18(15)29-19/h1-10,12,19,29H,11,13-14H2,(H,30,31). The van der Waals surface area contributed by atoms with E-state index in [1.165, 1.54) is 24.3 Å². The van der Waals surface area contributed by atoms with Crippen LogP contribution in [0.15, 0.2) is 66.9 Å². The zero-order valence-corrected chi connectivity index (χ0v) is 17.4. The molecule has 2 unspecified atom stereocenters. The first-order valence-corrected chi connectivity index (χ1v) is 10.5. The Morgan fingerprint density at radius 3 is 2.67 bits per heavy atom. The minimum atomic E-state index is -4.79. The summed E-state index contributed by atoms with van der Waals surface area (Å²) in [6.07, 6.45) is -2.30. The van der Waals surface area contributed by atoms with E-state index in [0.29, 0.717) is 36.5 Å². The summed E-state index contributed by atoms with van der Waals surface area (Å²) >= 11 is 0. The molecule has 5 rings (SSSR count). The number of hydrogen-bond acceptors (Lipinski definition) is 5. The van der Waals surface area contributed by atoms with E-state index in [9.17, 15) is 18.0 Å². The maximum atomic E-state index is 13.4. The Bertz CT molecular complexity index is 1160. The van der Waals surface area contributed by atoms with Gasteiger partial charge in [-0.1, -0.05) is 30.3 Å². The zero-order chi connectivity index (χ0) is 23.1. The van der Waals surface area contributed by atoms with Crippen LogP contribution in [0.5, 0.6) is 11.5 Å². The first kappa shape index (κ1) is 21.1. The van der Waals surface area contributed by atoms with Gasteiger partial charge in [-0.05, 0) is 41.5 Å². The van der Waals surface area contributed by atoms with E-state index >= 15 is 0 Å². The molecular formula is C24H20F3N3O3. The molecule has 2 N–H and O–H groups in total. The van der Waals surface area contributed by atoms with Crippen LogP contribution in [0.25, 0.3) is 0 Å². The highest BCUT2D eigenvalue weighted by Crippen LogP contribution is 2.41. The van der Waals surface area contributed by atoms with Crippen LogP contribution < -0.4 is 20.1 Å². The van der Waals surface area contributed by atoms with Gasteiger partial charge in [-0.2, -0.15) is 0 Å². The van der Waals surface area contributed by atoms with Crippen LogP contribution in [-0.2, 0) is 16.8 Å². The molecule has 170 valence electrons. The summed E-state index contributed by atoms with van der Waals surface area (Å²) in [6.45, 7) is 0.304.